The van der Waals surface area contributed by atoms with Crippen molar-refractivity contribution in [3.63, 3.8) is 0 Å². The van der Waals surface area contributed by atoms with Crippen LogP contribution in [0.2, 0.25) is 5.02 Å². The van der Waals surface area contributed by atoms with Gasteiger partial charge < -0.3 is 14.8 Å². The molecule has 0 saturated carbocycles. The van der Waals surface area contributed by atoms with Gasteiger partial charge in [-0.25, -0.2) is 0 Å². The van der Waals surface area contributed by atoms with E-state index in [1.165, 1.54) is 0 Å². The maximum absolute atomic E-state index is 6.13. The normalized spacial score (nSPS) is 20.7. The largest absolute Gasteiger partial charge is 0.495 e. The lowest BCUT2D eigenvalue weighted by atomic mass is 9.96. The van der Waals surface area contributed by atoms with Crippen LogP contribution in [0.3, 0.4) is 0 Å². The number of halogens is 1. The fraction of sp³-hybridized carbons (Fsp3) is 0.571. The highest BCUT2D eigenvalue weighted by Gasteiger charge is 2.24. The Kier molecular flexibility index (Phi) is 4.72. The highest BCUT2D eigenvalue weighted by Crippen LogP contribution is 2.29. The molecule has 2 atom stereocenters. The van der Waals surface area contributed by atoms with Crippen molar-refractivity contribution < 1.29 is 9.47 Å². The van der Waals surface area contributed by atoms with Gasteiger partial charge >= 0.3 is 0 Å². The standard InChI is InChI=1S/C14H20ClNO2/c1-3-13(10-6-7-18-9-10)16-11-4-5-14(17-2)12(15)8-11/h4-5,8,10,13,16H,3,6-7,9H2,1-2H3. The average molecular weight is 270 g/mol. The van der Waals surface area contributed by atoms with Crippen molar-refractivity contribution in [3.05, 3.63) is 23.2 Å². The molecule has 2 rings (SSSR count). The first-order chi connectivity index (χ1) is 8.74. The molecule has 0 aliphatic carbocycles. The Bertz CT molecular complexity index is 391. The van der Waals surface area contributed by atoms with E-state index in [0.717, 1.165) is 31.7 Å². The highest BCUT2D eigenvalue weighted by atomic mass is 35.5. The Labute approximate surface area is 113 Å². The summed E-state index contributed by atoms with van der Waals surface area (Å²) in [6.45, 7) is 3.93. The van der Waals surface area contributed by atoms with Gasteiger partial charge in [-0.05, 0) is 31.0 Å². The summed E-state index contributed by atoms with van der Waals surface area (Å²) in [5.74, 6) is 1.30. The van der Waals surface area contributed by atoms with Crippen LogP contribution in [0.15, 0.2) is 18.2 Å². The van der Waals surface area contributed by atoms with E-state index in [1.54, 1.807) is 7.11 Å². The lowest BCUT2D eigenvalue weighted by Gasteiger charge is -2.23. The van der Waals surface area contributed by atoms with Gasteiger partial charge in [0, 0.05) is 24.3 Å². The number of hydrogen-bond acceptors (Lipinski definition) is 3. The Morgan fingerprint density at radius 1 is 1.56 bits per heavy atom. The summed E-state index contributed by atoms with van der Waals surface area (Å²) in [7, 11) is 1.62. The fourth-order valence-corrected chi connectivity index (χ4v) is 2.65. The second kappa shape index (κ2) is 6.30. The molecule has 18 heavy (non-hydrogen) atoms. The molecule has 3 nitrogen and oxygen atoms in total. The SMILES string of the molecule is CCC(Nc1ccc(OC)c(Cl)c1)C1CCOC1. The van der Waals surface area contributed by atoms with E-state index in [2.05, 4.69) is 12.2 Å². The minimum absolute atomic E-state index is 0.442. The Morgan fingerprint density at radius 3 is 2.94 bits per heavy atom. The van der Waals surface area contributed by atoms with Crippen LogP contribution in [0.5, 0.6) is 5.75 Å². The molecule has 1 heterocycles. The van der Waals surface area contributed by atoms with Crippen molar-refractivity contribution >= 4 is 17.3 Å². The van der Waals surface area contributed by atoms with Gasteiger partial charge in [-0.1, -0.05) is 18.5 Å². The van der Waals surface area contributed by atoms with E-state index < -0.39 is 0 Å². The molecule has 1 aliphatic heterocycles. The fourth-order valence-electron chi connectivity index (χ4n) is 2.39. The molecule has 1 aliphatic rings. The zero-order valence-electron chi connectivity index (χ0n) is 10.9. The Hall–Kier alpha value is -0.930. The van der Waals surface area contributed by atoms with Crippen LogP contribution in [0.1, 0.15) is 19.8 Å². The molecule has 1 fully saturated rings. The van der Waals surface area contributed by atoms with E-state index in [4.69, 9.17) is 21.1 Å². The molecule has 0 bridgehead atoms. The number of benzene rings is 1. The van der Waals surface area contributed by atoms with E-state index in [1.807, 2.05) is 18.2 Å². The van der Waals surface area contributed by atoms with Gasteiger partial charge in [0.2, 0.25) is 0 Å². The third-order valence-corrected chi connectivity index (χ3v) is 3.77. The highest BCUT2D eigenvalue weighted by molar-refractivity contribution is 6.32. The van der Waals surface area contributed by atoms with Crippen LogP contribution in [0.25, 0.3) is 0 Å². The maximum atomic E-state index is 6.13. The number of ether oxygens (including phenoxy) is 2. The van der Waals surface area contributed by atoms with Crippen molar-refractivity contribution in [2.75, 3.05) is 25.6 Å². The summed E-state index contributed by atoms with van der Waals surface area (Å²) in [5, 5.41) is 4.18. The van der Waals surface area contributed by atoms with Crippen molar-refractivity contribution in [2.24, 2.45) is 5.92 Å². The van der Waals surface area contributed by atoms with Gasteiger partial charge in [0.25, 0.3) is 0 Å². The first-order valence-corrected chi connectivity index (χ1v) is 6.80. The quantitative estimate of drug-likeness (QED) is 0.886. The van der Waals surface area contributed by atoms with Crippen molar-refractivity contribution in [1.29, 1.82) is 0 Å². The second-order valence-electron chi connectivity index (χ2n) is 4.63. The molecular weight excluding hydrogens is 250 g/mol. The summed E-state index contributed by atoms with van der Waals surface area (Å²) in [6, 6.07) is 6.25. The van der Waals surface area contributed by atoms with Crippen LogP contribution in [0.4, 0.5) is 5.69 Å². The van der Waals surface area contributed by atoms with Gasteiger partial charge in [0.1, 0.15) is 5.75 Å². The van der Waals surface area contributed by atoms with E-state index in [9.17, 15) is 0 Å². The van der Waals surface area contributed by atoms with Crippen LogP contribution >= 0.6 is 11.6 Å². The van der Waals surface area contributed by atoms with Gasteiger partial charge in [0.15, 0.2) is 0 Å². The van der Waals surface area contributed by atoms with Crippen molar-refractivity contribution in [2.45, 2.75) is 25.8 Å². The topological polar surface area (TPSA) is 30.5 Å². The lowest BCUT2D eigenvalue weighted by Crippen LogP contribution is -2.28. The van der Waals surface area contributed by atoms with Crippen LogP contribution in [0, 0.1) is 5.92 Å². The molecule has 0 radical (unpaired) electrons. The Morgan fingerprint density at radius 2 is 2.39 bits per heavy atom. The first kappa shape index (κ1) is 13.5. The molecule has 0 amide bonds. The minimum atomic E-state index is 0.442. The number of methoxy groups -OCH3 is 1. The number of anilines is 1. The smallest absolute Gasteiger partial charge is 0.137 e. The van der Waals surface area contributed by atoms with E-state index in [-0.39, 0.29) is 0 Å². The summed E-state index contributed by atoms with van der Waals surface area (Å²) in [6.07, 6.45) is 2.22. The van der Waals surface area contributed by atoms with Crippen molar-refractivity contribution in [3.8, 4) is 5.75 Å². The van der Waals surface area contributed by atoms with Crippen LogP contribution < -0.4 is 10.1 Å². The zero-order valence-corrected chi connectivity index (χ0v) is 11.7. The number of nitrogens with one attached hydrogen (secondary N) is 1. The van der Waals surface area contributed by atoms with E-state index >= 15 is 0 Å². The summed E-state index contributed by atoms with van der Waals surface area (Å²) in [5.41, 5.74) is 1.04. The predicted octanol–water partition coefficient (Wildman–Crippen LogP) is 3.58. The molecule has 100 valence electrons. The van der Waals surface area contributed by atoms with Gasteiger partial charge in [-0.2, -0.15) is 0 Å². The molecule has 1 aromatic rings. The molecule has 1 N–H and O–H groups in total. The molecule has 0 aromatic heterocycles. The molecule has 1 saturated heterocycles. The number of hydrogen-bond donors (Lipinski definition) is 1. The lowest BCUT2D eigenvalue weighted by molar-refractivity contribution is 0.182. The third kappa shape index (κ3) is 3.09. The predicted molar refractivity (Wildman–Crippen MR) is 74.6 cm³/mol. The zero-order chi connectivity index (χ0) is 13.0. The number of rotatable bonds is 5. The van der Waals surface area contributed by atoms with E-state index in [0.29, 0.717) is 22.7 Å². The van der Waals surface area contributed by atoms with Gasteiger partial charge in [-0.3, -0.25) is 0 Å². The molecule has 2 unspecified atom stereocenters. The molecule has 0 spiro atoms. The molecule has 1 aromatic carbocycles. The summed E-state index contributed by atoms with van der Waals surface area (Å²) >= 11 is 6.13. The maximum Gasteiger partial charge on any atom is 0.137 e. The van der Waals surface area contributed by atoms with Crippen LogP contribution in [-0.4, -0.2) is 26.4 Å². The Balaban J connectivity index is 2.04. The minimum Gasteiger partial charge on any atom is -0.495 e. The van der Waals surface area contributed by atoms with Crippen LogP contribution in [-0.2, 0) is 4.74 Å². The first-order valence-electron chi connectivity index (χ1n) is 6.42. The van der Waals surface area contributed by atoms with Gasteiger partial charge in [0.05, 0.1) is 18.7 Å². The molecular formula is C14H20ClNO2. The summed E-state index contributed by atoms with van der Waals surface area (Å²) in [4.78, 5) is 0. The second-order valence-corrected chi connectivity index (χ2v) is 5.04. The average Bonchev–Trinajstić information content (AvgIpc) is 2.90. The van der Waals surface area contributed by atoms with Gasteiger partial charge in [-0.15, -0.1) is 0 Å². The van der Waals surface area contributed by atoms with Crippen molar-refractivity contribution in [1.82, 2.24) is 0 Å². The monoisotopic (exact) mass is 269 g/mol. The summed E-state index contributed by atoms with van der Waals surface area (Å²) < 4.78 is 10.6. The molecule has 4 heteroatoms. The third-order valence-electron chi connectivity index (χ3n) is 3.48.